The van der Waals surface area contributed by atoms with Crippen molar-refractivity contribution < 1.29 is 4.79 Å². The molecule has 0 saturated heterocycles. The van der Waals surface area contributed by atoms with Crippen molar-refractivity contribution in [3.05, 3.63) is 23.7 Å². The Morgan fingerprint density at radius 3 is 2.83 bits per heavy atom. The number of likely N-dealkylation sites (N-methyl/N-ethyl adjacent to an activating group) is 1. The standard InChI is InChI=1S/C8H10N2OS/c1-6(2)7(11)10(3)8-9-4-5-12-8/h4-5H,1H2,2-3H3. The van der Waals surface area contributed by atoms with Gasteiger partial charge in [-0.2, -0.15) is 0 Å². The maximum atomic E-state index is 11.3. The molecule has 0 aliphatic carbocycles. The van der Waals surface area contributed by atoms with Crippen molar-refractivity contribution in [3.63, 3.8) is 0 Å². The van der Waals surface area contributed by atoms with Crippen LogP contribution in [0.4, 0.5) is 5.13 Å². The summed E-state index contributed by atoms with van der Waals surface area (Å²) < 4.78 is 0. The van der Waals surface area contributed by atoms with Crippen molar-refractivity contribution in [3.8, 4) is 0 Å². The van der Waals surface area contributed by atoms with Gasteiger partial charge in [0.1, 0.15) is 0 Å². The molecule has 0 aliphatic rings. The van der Waals surface area contributed by atoms with E-state index in [1.54, 1.807) is 20.2 Å². The van der Waals surface area contributed by atoms with E-state index < -0.39 is 0 Å². The molecule has 64 valence electrons. The number of carbonyl (C=O) groups is 1. The summed E-state index contributed by atoms with van der Waals surface area (Å²) in [5, 5.41) is 2.53. The average molecular weight is 182 g/mol. The third kappa shape index (κ3) is 1.71. The van der Waals surface area contributed by atoms with Gasteiger partial charge in [-0.3, -0.25) is 9.69 Å². The monoisotopic (exact) mass is 182 g/mol. The second-order valence-corrected chi connectivity index (χ2v) is 3.33. The molecule has 0 spiro atoms. The van der Waals surface area contributed by atoms with Gasteiger partial charge in [0.2, 0.25) is 0 Å². The van der Waals surface area contributed by atoms with Crippen molar-refractivity contribution in [2.45, 2.75) is 6.92 Å². The summed E-state index contributed by atoms with van der Waals surface area (Å²) in [6.07, 6.45) is 1.67. The molecule has 1 heterocycles. The number of nitrogens with zero attached hydrogens (tertiary/aromatic N) is 2. The zero-order valence-corrected chi connectivity index (χ0v) is 7.89. The Balaban J connectivity index is 2.79. The van der Waals surface area contributed by atoms with E-state index in [1.807, 2.05) is 5.38 Å². The molecule has 4 heteroatoms. The minimum atomic E-state index is -0.0926. The number of aromatic nitrogens is 1. The first-order valence-corrected chi connectivity index (χ1v) is 4.34. The second kappa shape index (κ2) is 3.49. The van der Waals surface area contributed by atoms with Crippen LogP contribution in [0.25, 0.3) is 0 Å². The van der Waals surface area contributed by atoms with Gasteiger partial charge in [-0.05, 0) is 6.92 Å². The highest BCUT2D eigenvalue weighted by atomic mass is 32.1. The first-order chi connectivity index (χ1) is 5.63. The summed E-state index contributed by atoms with van der Waals surface area (Å²) in [6.45, 7) is 5.26. The predicted octanol–water partition coefficient (Wildman–Crippen LogP) is 1.68. The normalized spacial score (nSPS) is 9.50. The number of anilines is 1. The fraction of sp³-hybridized carbons (Fsp3) is 0.250. The fourth-order valence-electron chi connectivity index (χ4n) is 0.755. The molecule has 0 atom stereocenters. The molecule has 1 rings (SSSR count). The Morgan fingerprint density at radius 2 is 2.42 bits per heavy atom. The second-order valence-electron chi connectivity index (χ2n) is 2.46. The highest BCUT2D eigenvalue weighted by molar-refractivity contribution is 7.13. The van der Waals surface area contributed by atoms with E-state index in [4.69, 9.17) is 0 Å². The highest BCUT2D eigenvalue weighted by Gasteiger charge is 2.12. The Labute approximate surface area is 75.3 Å². The predicted molar refractivity (Wildman–Crippen MR) is 50.3 cm³/mol. The number of rotatable bonds is 2. The molecule has 1 aromatic heterocycles. The molecule has 0 saturated carbocycles. The molecule has 0 aromatic carbocycles. The van der Waals surface area contributed by atoms with Gasteiger partial charge in [-0.1, -0.05) is 6.58 Å². The summed E-state index contributed by atoms with van der Waals surface area (Å²) in [5.41, 5.74) is 0.521. The van der Waals surface area contributed by atoms with E-state index in [2.05, 4.69) is 11.6 Å². The first-order valence-electron chi connectivity index (χ1n) is 3.46. The zero-order chi connectivity index (χ0) is 9.14. The van der Waals surface area contributed by atoms with Crippen LogP contribution in [-0.2, 0) is 4.79 Å². The number of hydrogen-bond donors (Lipinski definition) is 0. The fourth-order valence-corrected chi connectivity index (χ4v) is 1.36. The van der Waals surface area contributed by atoms with Gasteiger partial charge in [0.15, 0.2) is 5.13 Å². The molecule has 0 radical (unpaired) electrons. The molecule has 0 bridgehead atoms. The highest BCUT2D eigenvalue weighted by Crippen LogP contribution is 2.16. The van der Waals surface area contributed by atoms with Crippen LogP contribution < -0.4 is 4.90 Å². The lowest BCUT2D eigenvalue weighted by atomic mass is 10.3. The Morgan fingerprint density at radius 1 is 1.75 bits per heavy atom. The van der Waals surface area contributed by atoms with Gasteiger partial charge in [-0.15, -0.1) is 11.3 Å². The molecule has 1 amide bonds. The third-order valence-corrected chi connectivity index (χ3v) is 2.22. The molecule has 0 N–H and O–H groups in total. The van der Waals surface area contributed by atoms with E-state index in [0.717, 1.165) is 0 Å². The molecular formula is C8H10N2OS. The maximum absolute atomic E-state index is 11.3. The van der Waals surface area contributed by atoms with E-state index in [-0.39, 0.29) is 5.91 Å². The van der Waals surface area contributed by atoms with Gasteiger partial charge in [0, 0.05) is 24.2 Å². The number of hydrogen-bond acceptors (Lipinski definition) is 3. The lowest BCUT2D eigenvalue weighted by Crippen LogP contribution is -2.26. The van der Waals surface area contributed by atoms with Crippen LogP contribution in [0.3, 0.4) is 0 Å². The molecule has 0 unspecified atom stereocenters. The van der Waals surface area contributed by atoms with Crippen LogP contribution >= 0.6 is 11.3 Å². The van der Waals surface area contributed by atoms with E-state index in [1.165, 1.54) is 16.2 Å². The minimum Gasteiger partial charge on any atom is -0.287 e. The van der Waals surface area contributed by atoms with Crippen LogP contribution in [0.2, 0.25) is 0 Å². The number of thiazole rings is 1. The lowest BCUT2D eigenvalue weighted by Gasteiger charge is -2.12. The van der Waals surface area contributed by atoms with Crippen LogP contribution in [-0.4, -0.2) is 17.9 Å². The zero-order valence-electron chi connectivity index (χ0n) is 7.07. The first kappa shape index (κ1) is 8.93. The number of amides is 1. The smallest absolute Gasteiger partial charge is 0.254 e. The quantitative estimate of drug-likeness (QED) is 0.652. The molecule has 0 fully saturated rings. The summed E-state index contributed by atoms with van der Waals surface area (Å²) in [5.74, 6) is -0.0926. The van der Waals surface area contributed by atoms with E-state index >= 15 is 0 Å². The average Bonchev–Trinajstić information content (AvgIpc) is 2.53. The number of carbonyl (C=O) groups excluding carboxylic acids is 1. The Hall–Kier alpha value is -1.16. The van der Waals surface area contributed by atoms with Crippen LogP contribution in [0.15, 0.2) is 23.7 Å². The van der Waals surface area contributed by atoms with Crippen molar-refractivity contribution in [1.82, 2.24) is 4.98 Å². The summed E-state index contributed by atoms with van der Waals surface area (Å²) in [4.78, 5) is 16.8. The summed E-state index contributed by atoms with van der Waals surface area (Å²) in [7, 11) is 1.69. The molecule has 12 heavy (non-hydrogen) atoms. The molecule has 3 nitrogen and oxygen atoms in total. The van der Waals surface area contributed by atoms with Gasteiger partial charge >= 0.3 is 0 Å². The van der Waals surface area contributed by atoms with Crippen molar-refractivity contribution in [1.29, 1.82) is 0 Å². The van der Waals surface area contributed by atoms with E-state index in [9.17, 15) is 4.79 Å². The lowest BCUT2D eigenvalue weighted by molar-refractivity contribution is -0.114. The third-order valence-electron chi connectivity index (χ3n) is 1.38. The van der Waals surface area contributed by atoms with Crippen molar-refractivity contribution in [2.24, 2.45) is 0 Å². The van der Waals surface area contributed by atoms with Crippen LogP contribution in [0.5, 0.6) is 0 Å². The van der Waals surface area contributed by atoms with Crippen molar-refractivity contribution in [2.75, 3.05) is 11.9 Å². The summed E-state index contributed by atoms with van der Waals surface area (Å²) >= 11 is 1.43. The van der Waals surface area contributed by atoms with Crippen LogP contribution in [0.1, 0.15) is 6.92 Å². The Bertz CT molecular complexity index is 292. The molecular weight excluding hydrogens is 172 g/mol. The van der Waals surface area contributed by atoms with Gasteiger partial charge in [-0.25, -0.2) is 4.98 Å². The Kier molecular flexibility index (Phi) is 2.60. The maximum Gasteiger partial charge on any atom is 0.254 e. The summed E-state index contributed by atoms with van der Waals surface area (Å²) in [6, 6.07) is 0. The van der Waals surface area contributed by atoms with E-state index in [0.29, 0.717) is 10.7 Å². The van der Waals surface area contributed by atoms with Gasteiger partial charge in [0.05, 0.1) is 0 Å². The molecule has 0 aliphatic heterocycles. The van der Waals surface area contributed by atoms with Crippen LogP contribution in [0, 0.1) is 0 Å². The van der Waals surface area contributed by atoms with Crippen molar-refractivity contribution >= 4 is 22.4 Å². The van der Waals surface area contributed by atoms with Gasteiger partial charge in [0.25, 0.3) is 5.91 Å². The SMILES string of the molecule is C=C(C)C(=O)N(C)c1nccs1. The molecule has 1 aromatic rings. The minimum absolute atomic E-state index is 0.0926. The topological polar surface area (TPSA) is 33.2 Å². The van der Waals surface area contributed by atoms with Gasteiger partial charge < -0.3 is 0 Å². The largest absolute Gasteiger partial charge is 0.287 e.